The summed E-state index contributed by atoms with van der Waals surface area (Å²) in [6.07, 6.45) is 2.89. The summed E-state index contributed by atoms with van der Waals surface area (Å²) >= 11 is 0. The Labute approximate surface area is 116 Å². The van der Waals surface area contributed by atoms with Crippen molar-refractivity contribution < 1.29 is 0 Å². The van der Waals surface area contributed by atoms with E-state index in [-0.39, 0.29) is 0 Å². The third kappa shape index (κ3) is 3.52. The van der Waals surface area contributed by atoms with Crippen molar-refractivity contribution in [1.29, 1.82) is 0 Å². The fraction of sp³-hybridized carbons (Fsp3) is 1.00. The Morgan fingerprint density at radius 1 is 0.389 bits per heavy atom. The van der Waals surface area contributed by atoms with Gasteiger partial charge in [0, 0.05) is 0 Å². The normalized spacial score (nSPS) is 52.0. The van der Waals surface area contributed by atoms with Crippen molar-refractivity contribution in [2.45, 2.75) is 68.2 Å². The van der Waals surface area contributed by atoms with Gasteiger partial charge in [0.2, 0.25) is 0 Å². The minimum atomic E-state index is 0.958. The summed E-state index contributed by atoms with van der Waals surface area (Å²) in [5, 5.41) is 0. The van der Waals surface area contributed by atoms with Crippen LogP contribution in [0.4, 0.5) is 0 Å². The number of hydrogen-bond donors (Lipinski definition) is 0. The topological polar surface area (TPSA) is 0 Å². The van der Waals surface area contributed by atoms with Gasteiger partial charge in [-0.25, -0.2) is 0 Å². The summed E-state index contributed by atoms with van der Waals surface area (Å²) in [5.74, 6) is 7.70. The summed E-state index contributed by atoms with van der Waals surface area (Å²) in [4.78, 5) is 0. The molecule has 0 heteroatoms. The maximum Gasteiger partial charge on any atom is -0.0389 e. The molecule has 0 heterocycles. The highest BCUT2D eigenvalue weighted by Gasteiger charge is 2.32. The Bertz CT molecular complexity index is 194. The van der Waals surface area contributed by atoms with E-state index in [1.54, 1.807) is 0 Å². The van der Waals surface area contributed by atoms with E-state index in [2.05, 4.69) is 55.4 Å². The summed E-state index contributed by atoms with van der Waals surface area (Å²) in [6.45, 7) is 19.1. The summed E-state index contributed by atoms with van der Waals surface area (Å²) in [6, 6.07) is 0. The molecule has 0 aromatic heterocycles. The molecular formula is C18H36. The van der Waals surface area contributed by atoms with Crippen LogP contribution in [-0.2, 0) is 0 Å². The van der Waals surface area contributed by atoms with Crippen molar-refractivity contribution in [2.24, 2.45) is 47.3 Å². The van der Waals surface area contributed by atoms with E-state index in [0.29, 0.717) is 0 Å². The van der Waals surface area contributed by atoms with Gasteiger partial charge in [0.25, 0.3) is 0 Å². The van der Waals surface area contributed by atoms with Gasteiger partial charge >= 0.3 is 0 Å². The van der Waals surface area contributed by atoms with Crippen LogP contribution in [-0.4, -0.2) is 0 Å². The molecule has 108 valence electrons. The third-order valence-corrected chi connectivity index (χ3v) is 6.74. The third-order valence-electron chi connectivity index (χ3n) is 6.74. The molecule has 0 spiro atoms. The monoisotopic (exact) mass is 252 g/mol. The lowest BCUT2D eigenvalue weighted by atomic mass is 9.92. The molecule has 0 bridgehead atoms. The standard InChI is InChI=1S/2C9H18/c2*1-6-5-7(2)9(4)8(6)3/h2*6-9H,5H2,1-4H3/t2*6-,7-,8?,9?/m10/s1. The molecule has 18 heavy (non-hydrogen) atoms. The summed E-state index contributed by atoms with van der Waals surface area (Å²) in [5.41, 5.74) is 0. The van der Waals surface area contributed by atoms with E-state index in [4.69, 9.17) is 0 Å². The molecule has 2 saturated carbocycles. The van der Waals surface area contributed by atoms with Gasteiger partial charge in [-0.15, -0.1) is 0 Å². The minimum absolute atomic E-state index is 0.958. The van der Waals surface area contributed by atoms with Gasteiger partial charge in [-0.05, 0) is 60.2 Å². The lowest BCUT2D eigenvalue weighted by Gasteiger charge is -2.14. The zero-order chi connectivity index (χ0) is 14.0. The van der Waals surface area contributed by atoms with Crippen LogP contribution >= 0.6 is 0 Å². The molecule has 0 radical (unpaired) electrons. The average Bonchev–Trinajstić information content (AvgIpc) is 2.66. The molecule has 2 fully saturated rings. The van der Waals surface area contributed by atoms with Crippen molar-refractivity contribution in [2.75, 3.05) is 0 Å². The first-order valence-corrected chi connectivity index (χ1v) is 8.25. The minimum Gasteiger partial charge on any atom is -0.0622 e. The van der Waals surface area contributed by atoms with Crippen LogP contribution in [0.15, 0.2) is 0 Å². The van der Waals surface area contributed by atoms with Crippen molar-refractivity contribution in [3.8, 4) is 0 Å². The number of hydrogen-bond acceptors (Lipinski definition) is 0. The highest BCUT2D eigenvalue weighted by Crippen LogP contribution is 2.40. The van der Waals surface area contributed by atoms with Crippen LogP contribution in [0.2, 0.25) is 0 Å². The SMILES string of the molecule is CC1C(C)[C@@H](C)C[C@@H]1C.CC1C(C)[C@H](C)C[C@H]1C. The Kier molecular flexibility index (Phi) is 5.74. The highest BCUT2D eigenvalue weighted by atomic mass is 14.4. The zero-order valence-electron chi connectivity index (χ0n) is 14.0. The van der Waals surface area contributed by atoms with E-state index < -0.39 is 0 Å². The molecule has 0 aliphatic heterocycles. The van der Waals surface area contributed by atoms with E-state index >= 15 is 0 Å². The second kappa shape index (κ2) is 6.44. The quantitative estimate of drug-likeness (QED) is 0.506. The lowest BCUT2D eigenvalue weighted by molar-refractivity contribution is 0.352. The molecule has 0 aromatic rings. The van der Waals surface area contributed by atoms with Crippen LogP contribution < -0.4 is 0 Å². The van der Waals surface area contributed by atoms with Gasteiger partial charge in [-0.2, -0.15) is 0 Å². The zero-order valence-corrected chi connectivity index (χ0v) is 14.0. The number of rotatable bonds is 0. The van der Waals surface area contributed by atoms with Crippen LogP contribution in [0.3, 0.4) is 0 Å². The predicted octanol–water partition coefficient (Wildman–Crippen LogP) is 5.87. The summed E-state index contributed by atoms with van der Waals surface area (Å²) < 4.78 is 0. The lowest BCUT2D eigenvalue weighted by Crippen LogP contribution is -2.07. The molecule has 0 N–H and O–H groups in total. The fourth-order valence-electron chi connectivity index (χ4n) is 4.10. The van der Waals surface area contributed by atoms with Crippen LogP contribution in [0.1, 0.15) is 68.2 Å². The largest absolute Gasteiger partial charge is 0.0622 e. The van der Waals surface area contributed by atoms with Crippen LogP contribution in [0.25, 0.3) is 0 Å². The van der Waals surface area contributed by atoms with E-state index in [1.165, 1.54) is 12.8 Å². The van der Waals surface area contributed by atoms with E-state index in [1.807, 2.05) is 0 Å². The summed E-state index contributed by atoms with van der Waals surface area (Å²) in [7, 11) is 0. The maximum atomic E-state index is 2.39. The van der Waals surface area contributed by atoms with Gasteiger partial charge in [0.1, 0.15) is 0 Å². The van der Waals surface area contributed by atoms with Gasteiger partial charge in [0.05, 0.1) is 0 Å². The average molecular weight is 252 g/mol. The fourth-order valence-corrected chi connectivity index (χ4v) is 4.10. The van der Waals surface area contributed by atoms with Gasteiger partial charge in [-0.1, -0.05) is 55.4 Å². The molecule has 0 aromatic carbocycles. The Hall–Kier alpha value is 0. The van der Waals surface area contributed by atoms with Gasteiger partial charge < -0.3 is 0 Å². The van der Waals surface area contributed by atoms with Crippen LogP contribution in [0.5, 0.6) is 0 Å². The molecule has 8 atom stereocenters. The van der Waals surface area contributed by atoms with Crippen LogP contribution in [0, 0.1) is 47.3 Å². The first-order valence-electron chi connectivity index (χ1n) is 8.25. The van der Waals surface area contributed by atoms with Crippen molar-refractivity contribution in [3.05, 3.63) is 0 Å². The predicted molar refractivity (Wildman–Crippen MR) is 82.5 cm³/mol. The first-order chi connectivity index (χ1) is 8.25. The molecule has 0 nitrogen and oxygen atoms in total. The second-order valence-electron chi connectivity index (χ2n) is 7.82. The highest BCUT2D eigenvalue weighted by molar-refractivity contribution is 4.82. The Morgan fingerprint density at radius 2 is 0.556 bits per heavy atom. The molecule has 0 amide bonds. The second-order valence-corrected chi connectivity index (χ2v) is 7.82. The Balaban J connectivity index is 0.000000180. The van der Waals surface area contributed by atoms with Crippen molar-refractivity contribution in [1.82, 2.24) is 0 Å². The van der Waals surface area contributed by atoms with Gasteiger partial charge in [0.15, 0.2) is 0 Å². The molecular weight excluding hydrogens is 216 g/mol. The first kappa shape index (κ1) is 16.1. The molecule has 2 aliphatic rings. The van der Waals surface area contributed by atoms with Crippen molar-refractivity contribution in [3.63, 3.8) is 0 Å². The maximum absolute atomic E-state index is 2.39. The molecule has 4 unspecified atom stereocenters. The Morgan fingerprint density at radius 3 is 0.611 bits per heavy atom. The molecule has 2 aliphatic carbocycles. The molecule has 2 rings (SSSR count). The molecule has 0 saturated heterocycles. The van der Waals surface area contributed by atoms with E-state index in [9.17, 15) is 0 Å². The van der Waals surface area contributed by atoms with Crippen molar-refractivity contribution >= 4 is 0 Å². The van der Waals surface area contributed by atoms with E-state index in [0.717, 1.165) is 47.3 Å². The smallest absolute Gasteiger partial charge is 0.0389 e. The van der Waals surface area contributed by atoms with Gasteiger partial charge in [-0.3, -0.25) is 0 Å².